The molecule has 0 aliphatic carbocycles. The SMILES string of the molecule is N#Cc1c(-c2ccccc2)oc(I)c1C(F)(F)F. The average Bonchev–Trinajstić information content (AvgIpc) is 2.67. The maximum atomic E-state index is 12.8. The third-order valence-corrected chi connectivity index (χ3v) is 3.06. The lowest BCUT2D eigenvalue weighted by Crippen LogP contribution is -2.07. The molecule has 0 saturated heterocycles. The van der Waals surface area contributed by atoms with Crippen molar-refractivity contribution in [1.29, 1.82) is 5.26 Å². The van der Waals surface area contributed by atoms with Crippen LogP contribution in [0.3, 0.4) is 0 Å². The zero-order chi connectivity index (χ0) is 13.3. The van der Waals surface area contributed by atoms with Gasteiger partial charge in [0.15, 0.2) is 9.53 Å². The van der Waals surface area contributed by atoms with E-state index in [4.69, 9.17) is 9.68 Å². The van der Waals surface area contributed by atoms with Crippen LogP contribution in [0.25, 0.3) is 11.3 Å². The van der Waals surface area contributed by atoms with Crippen molar-refractivity contribution >= 4 is 22.6 Å². The van der Waals surface area contributed by atoms with Gasteiger partial charge in [0.1, 0.15) is 17.2 Å². The van der Waals surface area contributed by atoms with E-state index in [-0.39, 0.29) is 9.53 Å². The third kappa shape index (κ3) is 2.22. The lowest BCUT2D eigenvalue weighted by Gasteiger charge is -2.03. The largest absolute Gasteiger partial charge is 0.448 e. The summed E-state index contributed by atoms with van der Waals surface area (Å²) in [5, 5.41) is 8.92. The van der Waals surface area contributed by atoms with Gasteiger partial charge < -0.3 is 4.42 Å². The molecule has 0 aliphatic rings. The molecule has 2 rings (SSSR count). The van der Waals surface area contributed by atoms with Crippen LogP contribution >= 0.6 is 22.6 Å². The Morgan fingerprint density at radius 1 is 1.17 bits per heavy atom. The first kappa shape index (κ1) is 13.0. The summed E-state index contributed by atoms with van der Waals surface area (Å²) in [6.07, 6.45) is -4.60. The monoisotopic (exact) mass is 363 g/mol. The van der Waals surface area contributed by atoms with Crippen LogP contribution in [0, 0.1) is 15.1 Å². The van der Waals surface area contributed by atoms with Gasteiger partial charge in [-0.05, 0) is 0 Å². The molecule has 2 aromatic rings. The number of hydrogen-bond acceptors (Lipinski definition) is 2. The van der Waals surface area contributed by atoms with Crippen LogP contribution in [0.4, 0.5) is 13.2 Å². The Bertz CT molecular complexity index is 611. The van der Waals surface area contributed by atoms with Crippen LogP contribution in [-0.4, -0.2) is 0 Å². The van der Waals surface area contributed by atoms with E-state index in [1.54, 1.807) is 36.4 Å². The highest BCUT2D eigenvalue weighted by Gasteiger charge is 2.40. The first-order valence-corrected chi connectivity index (χ1v) is 5.88. The molecule has 0 aliphatic heterocycles. The molecular formula is C12H5F3INO. The summed E-state index contributed by atoms with van der Waals surface area (Å²) < 4.78 is 43.2. The van der Waals surface area contributed by atoms with Crippen molar-refractivity contribution in [2.75, 3.05) is 0 Å². The summed E-state index contributed by atoms with van der Waals surface area (Å²) in [5.74, 6) is -0.0465. The Morgan fingerprint density at radius 3 is 2.28 bits per heavy atom. The summed E-state index contributed by atoms with van der Waals surface area (Å²) in [4.78, 5) is 0. The number of alkyl halides is 3. The van der Waals surface area contributed by atoms with Crippen molar-refractivity contribution in [2.24, 2.45) is 0 Å². The zero-order valence-electron chi connectivity index (χ0n) is 8.75. The van der Waals surface area contributed by atoms with Gasteiger partial charge in [-0.3, -0.25) is 0 Å². The predicted molar refractivity (Wildman–Crippen MR) is 66.6 cm³/mol. The zero-order valence-corrected chi connectivity index (χ0v) is 10.9. The quantitative estimate of drug-likeness (QED) is 0.703. The second-order valence-electron chi connectivity index (χ2n) is 3.43. The molecule has 0 spiro atoms. The van der Waals surface area contributed by atoms with Crippen LogP contribution in [0.5, 0.6) is 0 Å². The van der Waals surface area contributed by atoms with Crippen LogP contribution in [0.2, 0.25) is 0 Å². The fourth-order valence-electron chi connectivity index (χ4n) is 1.56. The maximum Gasteiger partial charge on any atom is 0.421 e. The van der Waals surface area contributed by atoms with Gasteiger partial charge in [0.2, 0.25) is 0 Å². The van der Waals surface area contributed by atoms with Crippen LogP contribution in [0.1, 0.15) is 11.1 Å². The molecule has 1 aromatic heterocycles. The topological polar surface area (TPSA) is 36.9 Å². The molecule has 0 unspecified atom stereocenters. The van der Waals surface area contributed by atoms with Gasteiger partial charge >= 0.3 is 6.18 Å². The summed E-state index contributed by atoms with van der Waals surface area (Å²) in [5.41, 5.74) is -1.04. The second kappa shape index (κ2) is 4.65. The summed E-state index contributed by atoms with van der Waals surface area (Å²) in [6, 6.07) is 9.82. The van der Waals surface area contributed by atoms with E-state index in [9.17, 15) is 13.2 Å². The van der Waals surface area contributed by atoms with Crippen molar-refractivity contribution in [1.82, 2.24) is 0 Å². The van der Waals surface area contributed by atoms with E-state index < -0.39 is 17.3 Å². The molecule has 0 atom stereocenters. The molecule has 0 N–H and O–H groups in total. The van der Waals surface area contributed by atoms with Gasteiger partial charge in [-0.25, -0.2) is 0 Å². The van der Waals surface area contributed by atoms with Crippen LogP contribution in [0.15, 0.2) is 34.7 Å². The average molecular weight is 363 g/mol. The Kier molecular flexibility index (Phi) is 3.34. The number of benzene rings is 1. The molecule has 1 heterocycles. The highest BCUT2D eigenvalue weighted by atomic mass is 127. The predicted octanol–water partition coefficient (Wildman–Crippen LogP) is 4.44. The minimum absolute atomic E-state index is 0.0465. The molecule has 92 valence electrons. The van der Waals surface area contributed by atoms with Crippen LogP contribution < -0.4 is 0 Å². The van der Waals surface area contributed by atoms with Gasteiger partial charge in [-0.15, -0.1) is 0 Å². The van der Waals surface area contributed by atoms with Gasteiger partial charge in [0.05, 0.1) is 0 Å². The molecule has 0 bridgehead atoms. The highest BCUT2D eigenvalue weighted by molar-refractivity contribution is 14.1. The number of halogens is 4. The molecule has 1 aromatic carbocycles. The number of hydrogen-bond donors (Lipinski definition) is 0. The smallest absolute Gasteiger partial charge is 0.421 e. The molecule has 0 amide bonds. The molecule has 0 radical (unpaired) electrons. The minimum atomic E-state index is -4.60. The van der Waals surface area contributed by atoms with E-state index >= 15 is 0 Å². The van der Waals surface area contributed by atoms with E-state index in [0.29, 0.717) is 5.56 Å². The minimum Gasteiger partial charge on any atom is -0.448 e. The Morgan fingerprint density at radius 2 is 1.78 bits per heavy atom. The highest BCUT2D eigenvalue weighted by Crippen LogP contribution is 2.41. The Hall–Kier alpha value is -1.49. The molecule has 18 heavy (non-hydrogen) atoms. The van der Waals surface area contributed by atoms with Crippen LogP contribution in [-0.2, 0) is 6.18 Å². The third-order valence-electron chi connectivity index (χ3n) is 2.30. The van der Waals surface area contributed by atoms with Crippen molar-refractivity contribution < 1.29 is 17.6 Å². The van der Waals surface area contributed by atoms with Gasteiger partial charge in [0.25, 0.3) is 0 Å². The summed E-state index contributed by atoms with van der Waals surface area (Å²) in [6.45, 7) is 0. The van der Waals surface area contributed by atoms with Crippen molar-refractivity contribution in [2.45, 2.75) is 6.18 Å². The van der Waals surface area contributed by atoms with Gasteiger partial charge in [-0.2, -0.15) is 18.4 Å². The molecule has 0 saturated carbocycles. The first-order valence-electron chi connectivity index (χ1n) is 4.80. The number of rotatable bonds is 1. The summed E-state index contributed by atoms with van der Waals surface area (Å²) in [7, 11) is 0. The first-order chi connectivity index (χ1) is 8.45. The normalized spacial score (nSPS) is 11.3. The van der Waals surface area contributed by atoms with E-state index in [0.717, 1.165) is 0 Å². The molecular weight excluding hydrogens is 358 g/mol. The van der Waals surface area contributed by atoms with Gasteiger partial charge in [-0.1, -0.05) is 30.3 Å². The molecule has 2 nitrogen and oxygen atoms in total. The summed E-state index contributed by atoms with van der Waals surface area (Å²) >= 11 is 1.44. The Balaban J connectivity index is 2.70. The molecule has 6 heteroatoms. The fourth-order valence-corrected chi connectivity index (χ4v) is 2.35. The number of nitriles is 1. The second-order valence-corrected chi connectivity index (χ2v) is 4.41. The maximum absolute atomic E-state index is 12.8. The standard InChI is InChI=1S/C12H5F3INO/c13-12(14,15)9-8(6-17)10(18-11(9)16)7-4-2-1-3-5-7/h1-5H. The fraction of sp³-hybridized carbons (Fsp3) is 0.0833. The van der Waals surface area contributed by atoms with Crippen molar-refractivity contribution in [3.05, 3.63) is 45.2 Å². The van der Waals surface area contributed by atoms with Crippen molar-refractivity contribution in [3.8, 4) is 17.4 Å². The van der Waals surface area contributed by atoms with Crippen molar-refractivity contribution in [3.63, 3.8) is 0 Å². The van der Waals surface area contributed by atoms with E-state index in [1.165, 1.54) is 22.6 Å². The van der Waals surface area contributed by atoms with Gasteiger partial charge in [0, 0.05) is 28.2 Å². The lowest BCUT2D eigenvalue weighted by atomic mass is 10.1. The van der Waals surface area contributed by atoms with E-state index in [1.807, 2.05) is 0 Å². The number of nitrogens with zero attached hydrogens (tertiary/aromatic N) is 1. The van der Waals surface area contributed by atoms with E-state index in [2.05, 4.69) is 0 Å². The molecule has 0 fully saturated rings. The Labute approximate surface area is 114 Å². The number of furan rings is 1. The lowest BCUT2D eigenvalue weighted by molar-refractivity contribution is -0.138.